The topological polar surface area (TPSA) is 94.2 Å². The quantitative estimate of drug-likeness (QED) is 0.169. The number of hydrogen-bond acceptors (Lipinski definition) is 6. The van der Waals surface area contributed by atoms with Crippen LogP contribution in [-0.4, -0.2) is 27.7 Å². The number of unbranched alkanes of at least 4 members (excludes halogenated alkanes) is 1. The fraction of sp³-hybridized carbons (Fsp3) is 0.333. The van der Waals surface area contributed by atoms with Crippen LogP contribution in [0.25, 0.3) is 16.8 Å². The van der Waals surface area contributed by atoms with Gasteiger partial charge in [0.25, 0.3) is 5.56 Å². The van der Waals surface area contributed by atoms with E-state index in [1.807, 2.05) is 93.6 Å². The van der Waals surface area contributed by atoms with Crippen LogP contribution in [-0.2, 0) is 28.8 Å². The average molecular weight is 578 g/mol. The van der Waals surface area contributed by atoms with E-state index in [0.29, 0.717) is 41.2 Å². The summed E-state index contributed by atoms with van der Waals surface area (Å²) in [6.45, 7) is 9.34. The largest absolute Gasteiger partial charge is 0.484 e. The molecule has 0 saturated heterocycles. The van der Waals surface area contributed by atoms with E-state index in [-0.39, 0.29) is 18.1 Å². The first-order chi connectivity index (χ1) is 20.7. The number of ether oxygens (including phenoxy) is 2. The van der Waals surface area contributed by atoms with Crippen molar-refractivity contribution in [2.75, 3.05) is 6.61 Å². The van der Waals surface area contributed by atoms with E-state index in [2.05, 4.69) is 13.0 Å². The van der Waals surface area contributed by atoms with Crippen LogP contribution >= 0.6 is 0 Å². The predicted octanol–water partition coefficient (Wildman–Crippen LogP) is 6.99. The molecule has 0 aliphatic carbocycles. The van der Waals surface area contributed by atoms with Gasteiger partial charge in [0.1, 0.15) is 23.8 Å². The number of rotatable bonds is 12. The molecule has 7 nitrogen and oxygen atoms in total. The van der Waals surface area contributed by atoms with Crippen molar-refractivity contribution in [2.24, 2.45) is 0 Å². The Balaban J connectivity index is 1.68. The fourth-order valence-electron chi connectivity index (χ4n) is 5.01. The van der Waals surface area contributed by atoms with Gasteiger partial charge in [-0.05, 0) is 73.7 Å². The molecule has 0 aliphatic heterocycles. The van der Waals surface area contributed by atoms with Gasteiger partial charge < -0.3 is 9.47 Å². The molecular formula is C36H39N3O4. The molecule has 0 unspecified atom stereocenters. The fourth-order valence-corrected chi connectivity index (χ4v) is 5.01. The minimum Gasteiger partial charge on any atom is -0.484 e. The molecule has 0 N–H and O–H groups in total. The minimum atomic E-state index is -0.708. The van der Waals surface area contributed by atoms with E-state index in [4.69, 9.17) is 14.5 Å². The first kappa shape index (κ1) is 31.2. The van der Waals surface area contributed by atoms with Crippen LogP contribution < -0.4 is 10.3 Å². The Bertz CT molecular complexity index is 1660. The Morgan fingerprint density at radius 3 is 2.33 bits per heavy atom. The standard InChI is InChI=1S/C36H39N3O4/c1-6-8-13-33-32(22-26-14-16-27(17-15-26)31-12-10-9-11-28(31)23-37)35(41)39(34(7-2)38-33)29-18-20-30(21-19-29)43-36(4,5)24-42-25(3)40/h9-12,14-21H,6-8,13,22,24H2,1-5H3. The molecule has 0 radical (unpaired) electrons. The monoisotopic (exact) mass is 577 g/mol. The lowest BCUT2D eigenvalue weighted by atomic mass is 9.96. The van der Waals surface area contributed by atoms with Crippen molar-refractivity contribution in [3.05, 3.63) is 111 Å². The summed E-state index contributed by atoms with van der Waals surface area (Å²) in [5.74, 6) is 0.967. The zero-order valence-electron chi connectivity index (χ0n) is 25.6. The van der Waals surface area contributed by atoms with Crippen molar-refractivity contribution >= 4 is 5.97 Å². The van der Waals surface area contributed by atoms with Gasteiger partial charge >= 0.3 is 5.97 Å². The average Bonchev–Trinajstić information content (AvgIpc) is 3.01. The van der Waals surface area contributed by atoms with Crippen LogP contribution in [0.15, 0.2) is 77.6 Å². The van der Waals surface area contributed by atoms with Gasteiger partial charge in [-0.2, -0.15) is 5.26 Å². The van der Waals surface area contributed by atoms with E-state index in [1.165, 1.54) is 6.92 Å². The lowest BCUT2D eigenvalue weighted by Crippen LogP contribution is -2.34. The predicted molar refractivity (Wildman–Crippen MR) is 169 cm³/mol. The highest BCUT2D eigenvalue weighted by Crippen LogP contribution is 2.25. The van der Waals surface area contributed by atoms with Crippen molar-refractivity contribution < 1.29 is 14.3 Å². The van der Waals surface area contributed by atoms with Crippen molar-refractivity contribution in [1.82, 2.24) is 9.55 Å². The van der Waals surface area contributed by atoms with Gasteiger partial charge in [0.05, 0.1) is 23.0 Å². The van der Waals surface area contributed by atoms with Crippen molar-refractivity contribution in [1.29, 1.82) is 5.26 Å². The van der Waals surface area contributed by atoms with Crippen LogP contribution in [0.2, 0.25) is 0 Å². The SMILES string of the molecule is CCCCc1nc(CC)n(-c2ccc(OC(C)(C)COC(C)=O)cc2)c(=O)c1Cc1ccc(-c2ccccc2C#N)cc1. The van der Waals surface area contributed by atoms with Crippen LogP contribution in [0.3, 0.4) is 0 Å². The first-order valence-electron chi connectivity index (χ1n) is 14.8. The summed E-state index contributed by atoms with van der Waals surface area (Å²) in [4.78, 5) is 30.4. The van der Waals surface area contributed by atoms with Gasteiger partial charge in [-0.1, -0.05) is 62.7 Å². The van der Waals surface area contributed by atoms with E-state index < -0.39 is 5.60 Å². The maximum Gasteiger partial charge on any atom is 0.302 e. The van der Waals surface area contributed by atoms with Crippen molar-refractivity contribution in [3.8, 4) is 28.6 Å². The number of benzene rings is 3. The zero-order chi connectivity index (χ0) is 31.0. The number of carbonyl (C=O) groups excluding carboxylic acids is 1. The third-order valence-electron chi connectivity index (χ3n) is 7.22. The molecule has 0 bridgehead atoms. The molecule has 0 saturated carbocycles. The molecule has 222 valence electrons. The number of carbonyl (C=O) groups is 1. The third-order valence-corrected chi connectivity index (χ3v) is 7.22. The molecule has 1 aromatic heterocycles. The molecule has 4 rings (SSSR count). The maximum atomic E-state index is 14.2. The highest BCUT2D eigenvalue weighted by Gasteiger charge is 2.22. The molecule has 43 heavy (non-hydrogen) atoms. The molecule has 7 heteroatoms. The van der Waals surface area contributed by atoms with Gasteiger partial charge in [0, 0.05) is 25.3 Å². The second-order valence-corrected chi connectivity index (χ2v) is 11.2. The Morgan fingerprint density at radius 1 is 1.00 bits per heavy atom. The number of nitriles is 1. The van der Waals surface area contributed by atoms with E-state index in [0.717, 1.165) is 41.6 Å². The maximum absolute atomic E-state index is 14.2. The van der Waals surface area contributed by atoms with Gasteiger partial charge in [-0.25, -0.2) is 4.98 Å². The van der Waals surface area contributed by atoms with Crippen LogP contribution in [0.4, 0.5) is 0 Å². The summed E-state index contributed by atoms with van der Waals surface area (Å²) in [6.07, 6.45) is 3.77. The van der Waals surface area contributed by atoms with Crippen LogP contribution in [0, 0.1) is 11.3 Å². The highest BCUT2D eigenvalue weighted by molar-refractivity contribution is 5.70. The number of aromatic nitrogens is 2. The Kier molecular flexibility index (Phi) is 10.2. The molecule has 0 aliphatic rings. The lowest BCUT2D eigenvalue weighted by Gasteiger charge is -2.26. The summed E-state index contributed by atoms with van der Waals surface area (Å²) in [5, 5.41) is 9.51. The summed E-state index contributed by atoms with van der Waals surface area (Å²) < 4.78 is 12.9. The first-order valence-corrected chi connectivity index (χ1v) is 14.8. The molecule has 3 aromatic carbocycles. The van der Waals surface area contributed by atoms with Crippen molar-refractivity contribution in [3.63, 3.8) is 0 Å². The van der Waals surface area contributed by atoms with Crippen LogP contribution in [0.1, 0.15) is 75.7 Å². The Labute approximate surface area is 253 Å². The second kappa shape index (κ2) is 14.0. The number of nitrogens with zero attached hydrogens (tertiary/aromatic N) is 3. The molecule has 0 amide bonds. The minimum absolute atomic E-state index is 0.0688. The summed E-state index contributed by atoms with van der Waals surface area (Å²) >= 11 is 0. The zero-order valence-corrected chi connectivity index (χ0v) is 25.6. The molecule has 0 fully saturated rings. The molecule has 0 spiro atoms. The summed E-state index contributed by atoms with van der Waals surface area (Å²) in [6, 6.07) is 25.2. The summed E-state index contributed by atoms with van der Waals surface area (Å²) in [5.41, 5.74) is 4.96. The molecule has 0 atom stereocenters. The number of hydrogen-bond donors (Lipinski definition) is 0. The van der Waals surface area contributed by atoms with Gasteiger partial charge in [0.15, 0.2) is 0 Å². The van der Waals surface area contributed by atoms with Crippen LogP contribution in [0.5, 0.6) is 5.75 Å². The number of esters is 1. The van der Waals surface area contributed by atoms with Gasteiger partial charge in [-0.15, -0.1) is 0 Å². The Hall–Kier alpha value is -4.70. The van der Waals surface area contributed by atoms with Crippen molar-refractivity contribution in [2.45, 2.75) is 72.3 Å². The molecule has 4 aromatic rings. The Morgan fingerprint density at radius 2 is 1.70 bits per heavy atom. The lowest BCUT2D eigenvalue weighted by molar-refractivity contribution is -0.146. The third kappa shape index (κ3) is 7.78. The number of aryl methyl sites for hydroxylation is 2. The second-order valence-electron chi connectivity index (χ2n) is 11.2. The van der Waals surface area contributed by atoms with E-state index >= 15 is 0 Å². The molecule has 1 heterocycles. The molecular weight excluding hydrogens is 538 g/mol. The van der Waals surface area contributed by atoms with E-state index in [1.54, 1.807) is 4.57 Å². The smallest absolute Gasteiger partial charge is 0.302 e. The highest BCUT2D eigenvalue weighted by atomic mass is 16.6. The normalized spacial score (nSPS) is 11.2. The van der Waals surface area contributed by atoms with Gasteiger partial charge in [0.2, 0.25) is 0 Å². The van der Waals surface area contributed by atoms with Gasteiger partial charge in [-0.3, -0.25) is 14.2 Å². The summed E-state index contributed by atoms with van der Waals surface area (Å²) in [7, 11) is 0. The van der Waals surface area contributed by atoms with E-state index in [9.17, 15) is 14.9 Å².